The van der Waals surface area contributed by atoms with Gasteiger partial charge < -0.3 is 9.52 Å². The van der Waals surface area contributed by atoms with Gasteiger partial charge in [-0.15, -0.1) is 0 Å². The maximum atomic E-state index is 12.9. The van der Waals surface area contributed by atoms with Crippen molar-refractivity contribution >= 4 is 37.9 Å². The number of fused-ring (bicyclic) bond motifs is 2. The van der Waals surface area contributed by atoms with Crippen LogP contribution in [0.25, 0.3) is 21.9 Å². The molecule has 0 atom stereocenters. The summed E-state index contributed by atoms with van der Waals surface area (Å²) in [5.74, 6) is -1.19. The van der Waals surface area contributed by atoms with Crippen LogP contribution in [0.3, 0.4) is 0 Å². The Kier molecular flexibility index (Phi) is 4.33. The number of hydrogen-bond donors (Lipinski definition) is 2. The lowest BCUT2D eigenvalue weighted by Crippen LogP contribution is -2.20. The van der Waals surface area contributed by atoms with Gasteiger partial charge in [0.1, 0.15) is 10.5 Å². The molecule has 136 valence electrons. The maximum Gasteiger partial charge on any atom is 0.335 e. The molecule has 1 heterocycles. The van der Waals surface area contributed by atoms with Crippen molar-refractivity contribution in [2.75, 3.05) is 7.05 Å². The van der Waals surface area contributed by atoms with Gasteiger partial charge in [0.15, 0.2) is 5.58 Å². The lowest BCUT2D eigenvalue weighted by molar-refractivity contribution is 0.0697. The highest BCUT2D eigenvalue weighted by Gasteiger charge is 2.22. The molecule has 3 rings (SSSR count). The van der Waals surface area contributed by atoms with Gasteiger partial charge in [-0.25, -0.2) is 17.9 Å². The normalized spacial score (nSPS) is 12.2. The summed E-state index contributed by atoms with van der Waals surface area (Å²) in [6, 6.07) is 6.96. The van der Waals surface area contributed by atoms with Crippen molar-refractivity contribution < 1.29 is 22.7 Å². The zero-order valence-electron chi connectivity index (χ0n) is 14.4. The molecule has 0 aliphatic heterocycles. The predicted octanol–water partition coefficient (Wildman–Crippen LogP) is 2.68. The molecule has 2 N–H and O–H groups in total. The van der Waals surface area contributed by atoms with Gasteiger partial charge in [-0.2, -0.15) is 0 Å². The number of carboxylic acid groups (broad SMARTS) is 1. The Morgan fingerprint density at radius 2 is 1.85 bits per heavy atom. The smallest absolute Gasteiger partial charge is 0.335 e. The number of hydrogen-bond acceptors (Lipinski definition) is 5. The van der Waals surface area contributed by atoms with E-state index in [0.29, 0.717) is 5.56 Å². The summed E-state index contributed by atoms with van der Waals surface area (Å²) in [6.45, 7) is 3.75. The first-order valence-electron chi connectivity index (χ1n) is 7.87. The zero-order valence-corrected chi connectivity index (χ0v) is 15.2. The van der Waals surface area contributed by atoms with Crippen molar-refractivity contribution in [1.29, 1.82) is 0 Å². The molecular weight excluding hydrogens is 358 g/mol. The van der Waals surface area contributed by atoms with Crippen LogP contribution in [0.5, 0.6) is 0 Å². The third-order valence-corrected chi connectivity index (χ3v) is 5.65. The van der Waals surface area contributed by atoms with Gasteiger partial charge in [-0.05, 0) is 48.9 Å². The van der Waals surface area contributed by atoms with E-state index in [9.17, 15) is 18.0 Å². The van der Waals surface area contributed by atoms with Crippen molar-refractivity contribution in [3.63, 3.8) is 0 Å². The van der Waals surface area contributed by atoms with Crippen molar-refractivity contribution in [3.8, 4) is 0 Å². The quantitative estimate of drug-likeness (QED) is 0.678. The number of carbonyl (C=O) groups is 1. The van der Waals surface area contributed by atoms with Gasteiger partial charge in [-0.1, -0.05) is 13.8 Å². The summed E-state index contributed by atoms with van der Waals surface area (Å²) in [5, 5.41) is 9.31. The molecule has 3 aromatic rings. The average Bonchev–Trinajstić information content (AvgIpc) is 2.60. The van der Waals surface area contributed by atoms with E-state index in [1.807, 2.05) is 13.8 Å². The Labute approximate surface area is 149 Å². The van der Waals surface area contributed by atoms with E-state index in [2.05, 4.69) is 4.72 Å². The molecule has 0 radical (unpaired) electrons. The van der Waals surface area contributed by atoms with Crippen LogP contribution in [0.2, 0.25) is 0 Å². The molecule has 8 heteroatoms. The standard InChI is InChI=1S/C18H17NO6S/c1-9(2)11-7-13-16(20)12-6-10(18(21)22)4-5-14(12)25-17(13)15(8-11)26(23,24)19-3/h4-9,19H,1-3H3,(H,21,22). The summed E-state index contributed by atoms with van der Waals surface area (Å²) in [6.07, 6.45) is 0. The summed E-state index contributed by atoms with van der Waals surface area (Å²) in [7, 11) is -2.59. The van der Waals surface area contributed by atoms with Crippen LogP contribution in [0, 0.1) is 0 Å². The summed E-state index contributed by atoms with van der Waals surface area (Å²) < 4.78 is 32.8. The monoisotopic (exact) mass is 375 g/mol. The maximum absolute atomic E-state index is 12.9. The third-order valence-electron chi connectivity index (χ3n) is 4.23. The molecule has 2 aromatic carbocycles. The van der Waals surface area contributed by atoms with Gasteiger partial charge in [0.05, 0.1) is 16.3 Å². The first kappa shape index (κ1) is 18.1. The van der Waals surface area contributed by atoms with Crippen molar-refractivity contribution in [1.82, 2.24) is 4.72 Å². The number of carboxylic acids is 1. The largest absolute Gasteiger partial charge is 0.478 e. The number of aromatic carboxylic acids is 1. The third kappa shape index (κ3) is 2.87. The van der Waals surface area contributed by atoms with Gasteiger partial charge in [0.2, 0.25) is 15.5 Å². The second-order valence-corrected chi connectivity index (χ2v) is 8.06. The zero-order chi connectivity index (χ0) is 19.2. The molecule has 0 aliphatic carbocycles. The predicted molar refractivity (Wildman–Crippen MR) is 97.3 cm³/mol. The lowest BCUT2D eigenvalue weighted by Gasteiger charge is -2.12. The molecule has 0 saturated carbocycles. The van der Waals surface area contributed by atoms with Crippen LogP contribution >= 0.6 is 0 Å². The lowest BCUT2D eigenvalue weighted by atomic mass is 10.0. The van der Waals surface area contributed by atoms with E-state index in [4.69, 9.17) is 9.52 Å². The molecule has 0 unspecified atom stereocenters. The van der Waals surface area contributed by atoms with Crippen molar-refractivity contribution in [2.24, 2.45) is 0 Å². The van der Waals surface area contributed by atoms with Crippen molar-refractivity contribution in [2.45, 2.75) is 24.7 Å². The second-order valence-electron chi connectivity index (χ2n) is 6.21. The number of nitrogens with one attached hydrogen (secondary N) is 1. The molecule has 26 heavy (non-hydrogen) atoms. The van der Waals surface area contributed by atoms with Crippen LogP contribution in [0.1, 0.15) is 35.7 Å². The number of benzene rings is 2. The molecule has 0 fully saturated rings. The summed E-state index contributed by atoms with van der Waals surface area (Å²) >= 11 is 0. The fourth-order valence-electron chi connectivity index (χ4n) is 2.72. The van der Waals surface area contributed by atoms with Crippen LogP contribution in [0.15, 0.2) is 44.4 Å². The molecule has 0 spiro atoms. The highest BCUT2D eigenvalue weighted by atomic mass is 32.2. The molecule has 0 amide bonds. The minimum Gasteiger partial charge on any atom is -0.478 e. The minimum atomic E-state index is -3.86. The summed E-state index contributed by atoms with van der Waals surface area (Å²) in [4.78, 5) is 24.0. The molecular formula is C18H17NO6S. The molecule has 0 aliphatic rings. The summed E-state index contributed by atoms with van der Waals surface area (Å²) in [5.41, 5.74) is 0.209. The van der Waals surface area contributed by atoms with E-state index in [0.717, 1.165) is 0 Å². The Morgan fingerprint density at radius 3 is 2.42 bits per heavy atom. The molecule has 7 nitrogen and oxygen atoms in total. The van der Waals surface area contributed by atoms with Crippen LogP contribution in [-0.4, -0.2) is 26.5 Å². The number of rotatable bonds is 4. The highest BCUT2D eigenvalue weighted by Crippen LogP contribution is 2.29. The number of sulfonamides is 1. The fourth-order valence-corrected chi connectivity index (χ4v) is 3.63. The van der Waals surface area contributed by atoms with E-state index >= 15 is 0 Å². The van der Waals surface area contributed by atoms with Crippen LogP contribution < -0.4 is 10.2 Å². The SMILES string of the molecule is CNS(=O)(=O)c1cc(C(C)C)cc2c(=O)c3cc(C(=O)O)ccc3oc12. The Hall–Kier alpha value is -2.71. The molecule has 0 saturated heterocycles. The molecule has 1 aromatic heterocycles. The van der Waals surface area contributed by atoms with Crippen molar-refractivity contribution in [3.05, 3.63) is 51.7 Å². The second kappa shape index (κ2) is 6.22. The molecule has 0 bridgehead atoms. The van der Waals surface area contributed by atoms with E-state index in [1.165, 1.54) is 31.3 Å². The topological polar surface area (TPSA) is 114 Å². The minimum absolute atomic E-state index is 0.0225. The first-order valence-corrected chi connectivity index (χ1v) is 9.35. The Bertz CT molecular complexity index is 1210. The van der Waals surface area contributed by atoms with Gasteiger partial charge in [0, 0.05) is 0 Å². The average molecular weight is 375 g/mol. The fraction of sp³-hybridized carbons (Fsp3) is 0.222. The Morgan fingerprint density at radius 1 is 1.15 bits per heavy atom. The first-order chi connectivity index (χ1) is 12.2. The van der Waals surface area contributed by atoms with Gasteiger partial charge >= 0.3 is 5.97 Å². The Balaban J connectivity index is 2.53. The van der Waals surface area contributed by atoms with E-state index in [-0.39, 0.29) is 38.3 Å². The van der Waals surface area contributed by atoms with E-state index in [1.54, 1.807) is 6.07 Å². The van der Waals surface area contributed by atoms with E-state index < -0.39 is 21.4 Å². The highest BCUT2D eigenvalue weighted by molar-refractivity contribution is 7.89. The van der Waals surface area contributed by atoms with Crippen LogP contribution in [0.4, 0.5) is 0 Å². The van der Waals surface area contributed by atoms with Gasteiger partial charge in [-0.3, -0.25) is 4.79 Å². The van der Waals surface area contributed by atoms with Crippen LogP contribution in [-0.2, 0) is 10.0 Å². The van der Waals surface area contributed by atoms with Gasteiger partial charge in [0.25, 0.3) is 0 Å².